The third kappa shape index (κ3) is 5.68. The fourth-order valence-corrected chi connectivity index (χ4v) is 4.95. The molecule has 3 amide bonds. The third-order valence-corrected chi connectivity index (χ3v) is 7.34. The summed E-state index contributed by atoms with van der Waals surface area (Å²) in [6.07, 6.45) is 9.88. The summed E-state index contributed by atoms with van der Waals surface area (Å²) >= 11 is 0. The number of hydrogen-bond donors (Lipinski definition) is 2. The Morgan fingerprint density at radius 3 is 1.89 bits per heavy atom. The molecule has 5 rings (SSSR count). The van der Waals surface area contributed by atoms with Crippen molar-refractivity contribution in [1.29, 1.82) is 0 Å². The Hall–Kier alpha value is -3.45. The standard InChI is InChI=1S/C29H33N3O4/c33-27(22-4-1-5-22)30-23-14-10-20(11-15-23)8-9-21-12-16-24(17-13-21)31-28(34)25-6-2-18-32(25)29(35)26-7-3-19-36-26/h8-17,22,25-26H,1-7,18-19H2,(H,30,33)(H,31,34)/b9-8+/t25-,26+/m0/s1. The monoisotopic (exact) mass is 487 g/mol. The van der Waals surface area contributed by atoms with Crippen molar-refractivity contribution in [3.63, 3.8) is 0 Å². The summed E-state index contributed by atoms with van der Waals surface area (Å²) in [5.74, 6) is 0.0845. The molecule has 2 heterocycles. The van der Waals surface area contributed by atoms with Crippen molar-refractivity contribution in [1.82, 2.24) is 4.90 Å². The van der Waals surface area contributed by atoms with E-state index >= 15 is 0 Å². The molecule has 0 aromatic heterocycles. The molecule has 2 aromatic rings. The minimum Gasteiger partial charge on any atom is -0.368 e. The van der Waals surface area contributed by atoms with Crippen LogP contribution in [0.15, 0.2) is 48.5 Å². The molecule has 3 fully saturated rings. The summed E-state index contributed by atoms with van der Waals surface area (Å²) in [6.45, 7) is 1.22. The highest BCUT2D eigenvalue weighted by molar-refractivity contribution is 5.98. The first kappa shape index (κ1) is 24.3. The summed E-state index contributed by atoms with van der Waals surface area (Å²) in [5.41, 5.74) is 3.57. The predicted molar refractivity (Wildman–Crippen MR) is 140 cm³/mol. The van der Waals surface area contributed by atoms with Crippen molar-refractivity contribution >= 4 is 41.2 Å². The second-order valence-corrected chi connectivity index (χ2v) is 9.87. The number of rotatable bonds is 7. The number of carbonyl (C=O) groups excluding carboxylic acids is 3. The number of amides is 3. The maximum atomic E-state index is 12.9. The van der Waals surface area contributed by atoms with E-state index in [1.165, 1.54) is 0 Å². The van der Waals surface area contributed by atoms with Crippen molar-refractivity contribution in [2.75, 3.05) is 23.8 Å². The van der Waals surface area contributed by atoms with Crippen molar-refractivity contribution in [2.24, 2.45) is 5.92 Å². The van der Waals surface area contributed by atoms with Gasteiger partial charge in [0.15, 0.2) is 0 Å². The molecule has 0 spiro atoms. The van der Waals surface area contributed by atoms with Gasteiger partial charge in [-0.1, -0.05) is 42.8 Å². The molecule has 0 unspecified atom stereocenters. The zero-order valence-corrected chi connectivity index (χ0v) is 20.4. The molecule has 2 aliphatic heterocycles. The van der Waals surface area contributed by atoms with Gasteiger partial charge in [0, 0.05) is 30.4 Å². The lowest BCUT2D eigenvalue weighted by atomic mass is 9.85. The van der Waals surface area contributed by atoms with Crippen LogP contribution in [0.3, 0.4) is 0 Å². The van der Waals surface area contributed by atoms with Crippen LogP contribution in [0.1, 0.15) is 56.1 Å². The maximum absolute atomic E-state index is 12.9. The molecule has 1 aliphatic carbocycles. The summed E-state index contributed by atoms with van der Waals surface area (Å²) in [6, 6.07) is 15.0. The van der Waals surface area contributed by atoms with Gasteiger partial charge in [-0.3, -0.25) is 14.4 Å². The number of carbonyl (C=O) groups is 3. The first-order valence-electron chi connectivity index (χ1n) is 13.0. The number of nitrogens with one attached hydrogen (secondary N) is 2. The Labute approximate surface area is 211 Å². The fourth-order valence-electron chi connectivity index (χ4n) is 4.95. The smallest absolute Gasteiger partial charge is 0.252 e. The highest BCUT2D eigenvalue weighted by Crippen LogP contribution is 2.28. The Morgan fingerprint density at radius 2 is 1.36 bits per heavy atom. The summed E-state index contributed by atoms with van der Waals surface area (Å²) < 4.78 is 5.53. The molecular weight excluding hydrogens is 454 g/mol. The Bertz CT molecular complexity index is 1120. The van der Waals surface area contributed by atoms with Crippen LogP contribution in [0.2, 0.25) is 0 Å². The van der Waals surface area contributed by atoms with Crippen LogP contribution in [0.25, 0.3) is 12.2 Å². The van der Waals surface area contributed by atoms with E-state index in [0.717, 1.165) is 55.3 Å². The van der Waals surface area contributed by atoms with E-state index < -0.39 is 12.1 Å². The maximum Gasteiger partial charge on any atom is 0.252 e. The van der Waals surface area contributed by atoms with Crippen LogP contribution in [-0.4, -0.2) is 47.9 Å². The quantitative estimate of drug-likeness (QED) is 0.554. The van der Waals surface area contributed by atoms with Gasteiger partial charge in [-0.25, -0.2) is 0 Å². The van der Waals surface area contributed by atoms with Gasteiger partial charge >= 0.3 is 0 Å². The van der Waals surface area contributed by atoms with Crippen LogP contribution in [0.4, 0.5) is 11.4 Å². The van der Waals surface area contributed by atoms with Gasteiger partial charge in [0.1, 0.15) is 12.1 Å². The van der Waals surface area contributed by atoms with E-state index in [-0.39, 0.29) is 23.6 Å². The fraction of sp³-hybridized carbons (Fsp3) is 0.414. The van der Waals surface area contributed by atoms with Crippen molar-refractivity contribution in [3.05, 3.63) is 59.7 Å². The summed E-state index contributed by atoms with van der Waals surface area (Å²) in [4.78, 5) is 39.4. The van der Waals surface area contributed by atoms with Gasteiger partial charge in [0.25, 0.3) is 5.91 Å². The summed E-state index contributed by atoms with van der Waals surface area (Å²) in [5, 5.41) is 5.95. The lowest BCUT2D eigenvalue weighted by Crippen LogP contribution is -2.47. The van der Waals surface area contributed by atoms with E-state index in [4.69, 9.17) is 4.74 Å². The van der Waals surface area contributed by atoms with Crippen LogP contribution < -0.4 is 10.6 Å². The number of benzene rings is 2. The zero-order valence-electron chi connectivity index (χ0n) is 20.4. The van der Waals surface area contributed by atoms with E-state index in [2.05, 4.69) is 10.6 Å². The van der Waals surface area contributed by atoms with Crippen LogP contribution >= 0.6 is 0 Å². The molecule has 0 radical (unpaired) electrons. The number of likely N-dealkylation sites (tertiary alicyclic amines) is 1. The first-order valence-corrected chi connectivity index (χ1v) is 13.0. The topological polar surface area (TPSA) is 87.7 Å². The molecule has 7 nitrogen and oxygen atoms in total. The Morgan fingerprint density at radius 1 is 0.750 bits per heavy atom. The van der Waals surface area contributed by atoms with E-state index in [9.17, 15) is 14.4 Å². The van der Waals surface area contributed by atoms with Gasteiger partial charge in [-0.2, -0.15) is 0 Å². The molecule has 7 heteroatoms. The van der Waals surface area contributed by atoms with Crippen molar-refractivity contribution in [3.8, 4) is 0 Å². The average molecular weight is 488 g/mol. The molecule has 2 atom stereocenters. The molecule has 0 bridgehead atoms. The number of ether oxygens (including phenoxy) is 1. The third-order valence-electron chi connectivity index (χ3n) is 7.34. The normalized spacial score (nSPS) is 21.9. The van der Waals surface area contributed by atoms with E-state index in [0.29, 0.717) is 25.3 Å². The molecule has 36 heavy (non-hydrogen) atoms. The van der Waals surface area contributed by atoms with Gasteiger partial charge < -0.3 is 20.3 Å². The second-order valence-electron chi connectivity index (χ2n) is 9.87. The van der Waals surface area contributed by atoms with Crippen LogP contribution in [0.5, 0.6) is 0 Å². The highest BCUT2D eigenvalue weighted by atomic mass is 16.5. The molecular formula is C29H33N3O4. The lowest BCUT2D eigenvalue weighted by molar-refractivity contribution is -0.144. The van der Waals surface area contributed by atoms with Gasteiger partial charge in [-0.15, -0.1) is 0 Å². The molecule has 188 valence electrons. The van der Waals surface area contributed by atoms with E-state index in [1.807, 2.05) is 60.7 Å². The number of hydrogen-bond acceptors (Lipinski definition) is 4. The Kier molecular flexibility index (Phi) is 7.47. The number of anilines is 2. The lowest BCUT2D eigenvalue weighted by Gasteiger charge is -2.26. The number of nitrogens with zero attached hydrogens (tertiary/aromatic N) is 1. The predicted octanol–water partition coefficient (Wildman–Crippen LogP) is 4.70. The molecule has 2 saturated heterocycles. The first-order chi connectivity index (χ1) is 17.6. The highest BCUT2D eigenvalue weighted by Gasteiger charge is 2.38. The zero-order chi connectivity index (χ0) is 24.9. The van der Waals surface area contributed by atoms with Crippen LogP contribution in [-0.2, 0) is 19.1 Å². The van der Waals surface area contributed by atoms with Gasteiger partial charge in [-0.05, 0) is 73.9 Å². The minimum absolute atomic E-state index is 0.0561. The largest absolute Gasteiger partial charge is 0.368 e. The van der Waals surface area contributed by atoms with Gasteiger partial charge in [0.2, 0.25) is 11.8 Å². The summed E-state index contributed by atoms with van der Waals surface area (Å²) in [7, 11) is 0. The van der Waals surface area contributed by atoms with Crippen molar-refractivity contribution in [2.45, 2.75) is 57.1 Å². The van der Waals surface area contributed by atoms with E-state index in [1.54, 1.807) is 4.90 Å². The SMILES string of the molecule is O=C(Nc1ccc(/C=C/c2ccc(NC(=O)[C@@H]3CCCN3C(=O)[C@H]3CCCO3)cc2)cc1)C1CCC1. The Balaban J connectivity index is 1.13. The molecule has 2 N–H and O–H groups in total. The minimum atomic E-state index is -0.442. The molecule has 3 aliphatic rings. The van der Waals surface area contributed by atoms with Crippen molar-refractivity contribution < 1.29 is 19.1 Å². The second kappa shape index (κ2) is 11.1. The van der Waals surface area contributed by atoms with Gasteiger partial charge in [0.05, 0.1) is 0 Å². The average Bonchev–Trinajstić information content (AvgIpc) is 3.56. The van der Waals surface area contributed by atoms with Crippen LogP contribution in [0, 0.1) is 5.92 Å². The molecule has 1 saturated carbocycles. The molecule has 2 aromatic carbocycles.